The van der Waals surface area contributed by atoms with Crippen LogP contribution >= 0.6 is 23.2 Å². The van der Waals surface area contributed by atoms with E-state index in [1.807, 2.05) is 45.0 Å². The van der Waals surface area contributed by atoms with Crippen LogP contribution in [0.4, 0.5) is 5.69 Å². The number of hydrogen-bond donors (Lipinski definition) is 0. The summed E-state index contributed by atoms with van der Waals surface area (Å²) < 4.78 is 11.6. The van der Waals surface area contributed by atoms with Crippen molar-refractivity contribution < 1.29 is 19.1 Å². The van der Waals surface area contributed by atoms with Gasteiger partial charge < -0.3 is 14.4 Å². The fourth-order valence-electron chi connectivity index (χ4n) is 4.97. The Hall–Kier alpha value is -2.48. The Bertz CT molecular complexity index is 1110. The molecule has 0 aliphatic carbocycles. The van der Waals surface area contributed by atoms with E-state index in [9.17, 15) is 9.59 Å². The number of nitrogens with zero attached hydrogens (tertiary/aromatic N) is 3. The van der Waals surface area contributed by atoms with Crippen molar-refractivity contribution in [3.63, 3.8) is 0 Å². The summed E-state index contributed by atoms with van der Waals surface area (Å²) in [7, 11) is 0. The maximum Gasteiger partial charge on any atom is 0.307 e. The molecule has 3 rings (SSSR count). The molecule has 0 saturated carbocycles. The maximum atomic E-state index is 12.8. The second-order valence-corrected chi connectivity index (χ2v) is 11.6. The molecule has 9 heteroatoms. The fraction of sp³-hybridized carbons (Fsp3) is 0.548. The molecule has 1 atom stereocenters. The van der Waals surface area contributed by atoms with Gasteiger partial charge in [-0.1, -0.05) is 49.7 Å². The van der Waals surface area contributed by atoms with Gasteiger partial charge in [-0.25, -0.2) is 0 Å². The van der Waals surface area contributed by atoms with Gasteiger partial charge in [0.2, 0.25) is 5.91 Å². The molecule has 2 heterocycles. The van der Waals surface area contributed by atoms with Crippen molar-refractivity contribution in [2.75, 3.05) is 44.2 Å². The number of esters is 1. The number of allylic oxidation sites excluding steroid dienone is 3. The first-order valence-electron chi connectivity index (χ1n) is 14.2. The zero-order valence-corrected chi connectivity index (χ0v) is 25.8. The predicted octanol–water partition coefficient (Wildman–Crippen LogP) is 6.81. The first-order chi connectivity index (χ1) is 19.1. The molecule has 0 spiro atoms. The van der Waals surface area contributed by atoms with Gasteiger partial charge in [-0.15, -0.1) is 0 Å². The third-order valence-electron chi connectivity index (χ3n) is 7.18. The number of halogens is 2. The molecule has 0 aromatic heterocycles. The molecule has 0 radical (unpaired) electrons. The van der Waals surface area contributed by atoms with E-state index in [4.69, 9.17) is 32.7 Å². The topological polar surface area (TPSA) is 62.3 Å². The zero-order valence-electron chi connectivity index (χ0n) is 24.3. The molecular formula is C31H43Cl2N3O4. The second-order valence-electron chi connectivity index (χ2n) is 10.8. The number of carbonyl (C=O) groups excluding carboxylic acids is 2. The Balaban J connectivity index is 1.48. The Morgan fingerprint density at radius 2 is 1.82 bits per heavy atom. The van der Waals surface area contributed by atoms with Crippen molar-refractivity contribution in [1.82, 2.24) is 9.80 Å². The molecule has 220 valence electrons. The average molecular weight is 593 g/mol. The molecule has 2 aliphatic rings. The fourth-order valence-corrected chi connectivity index (χ4v) is 5.38. The van der Waals surface area contributed by atoms with Crippen molar-refractivity contribution in [2.24, 2.45) is 5.92 Å². The number of rotatable bonds is 13. The first kappa shape index (κ1) is 32.0. The van der Waals surface area contributed by atoms with Crippen molar-refractivity contribution in [3.05, 3.63) is 64.0 Å². The highest BCUT2D eigenvalue weighted by atomic mass is 35.5. The molecule has 1 unspecified atom stereocenters. The number of unbranched alkanes of at least 4 members (excludes halogenated alkanes) is 1. The molecule has 2 aliphatic heterocycles. The summed E-state index contributed by atoms with van der Waals surface area (Å²) in [6, 6.07) is 5.77. The minimum atomic E-state index is -0.693. The van der Waals surface area contributed by atoms with Crippen LogP contribution in [-0.2, 0) is 19.1 Å². The normalized spacial score (nSPS) is 17.9. The van der Waals surface area contributed by atoms with Gasteiger partial charge in [-0.3, -0.25) is 19.4 Å². The quantitative estimate of drug-likeness (QED) is 0.109. The van der Waals surface area contributed by atoms with Gasteiger partial charge in [0.05, 0.1) is 22.3 Å². The minimum absolute atomic E-state index is 0.0668. The lowest BCUT2D eigenvalue weighted by atomic mass is 10.0. The van der Waals surface area contributed by atoms with E-state index in [1.165, 1.54) is 0 Å². The largest absolute Gasteiger partial charge is 0.494 e. The third-order valence-corrected chi connectivity index (χ3v) is 7.99. The van der Waals surface area contributed by atoms with Crippen LogP contribution in [0.5, 0.6) is 0 Å². The predicted molar refractivity (Wildman–Crippen MR) is 162 cm³/mol. The molecule has 1 aromatic rings. The monoisotopic (exact) mass is 591 g/mol. The molecule has 1 fully saturated rings. The summed E-state index contributed by atoms with van der Waals surface area (Å²) in [5, 5.41) is 1.21. The van der Waals surface area contributed by atoms with Crippen LogP contribution in [0, 0.1) is 5.92 Å². The van der Waals surface area contributed by atoms with Crippen LogP contribution in [0.3, 0.4) is 0 Å². The second kappa shape index (κ2) is 15.5. The SMILES string of the molecule is C=C/C(=C\C1=C(C)CCC(=O)N1C(C)OC(=O)CC(C)C)OCCCCN1CCN(c2cccc(Cl)c2Cl)CC1. The molecule has 1 amide bonds. The van der Waals surface area contributed by atoms with Crippen LogP contribution in [0.15, 0.2) is 54.0 Å². The number of hydrogen-bond acceptors (Lipinski definition) is 6. The van der Waals surface area contributed by atoms with Gasteiger partial charge in [0, 0.05) is 50.8 Å². The summed E-state index contributed by atoms with van der Waals surface area (Å²) in [6.45, 7) is 16.9. The van der Waals surface area contributed by atoms with Crippen LogP contribution < -0.4 is 4.90 Å². The van der Waals surface area contributed by atoms with E-state index in [0.29, 0.717) is 47.4 Å². The lowest BCUT2D eigenvalue weighted by molar-refractivity contribution is -0.161. The smallest absolute Gasteiger partial charge is 0.307 e. The van der Waals surface area contributed by atoms with Gasteiger partial charge in [-0.05, 0) is 69.4 Å². The van der Waals surface area contributed by atoms with Gasteiger partial charge in [0.25, 0.3) is 0 Å². The van der Waals surface area contributed by atoms with Crippen molar-refractivity contribution in [1.29, 1.82) is 0 Å². The van der Waals surface area contributed by atoms with Crippen LogP contribution in [0.25, 0.3) is 0 Å². The van der Waals surface area contributed by atoms with E-state index >= 15 is 0 Å². The molecular weight excluding hydrogens is 549 g/mol. The summed E-state index contributed by atoms with van der Waals surface area (Å²) in [4.78, 5) is 31.4. The molecule has 1 saturated heterocycles. The van der Waals surface area contributed by atoms with E-state index in [-0.39, 0.29) is 17.8 Å². The van der Waals surface area contributed by atoms with E-state index < -0.39 is 6.23 Å². The molecule has 7 nitrogen and oxygen atoms in total. The summed E-state index contributed by atoms with van der Waals surface area (Å²) in [5.41, 5.74) is 2.76. The van der Waals surface area contributed by atoms with E-state index in [2.05, 4.69) is 16.4 Å². The highest BCUT2D eigenvalue weighted by molar-refractivity contribution is 6.43. The Morgan fingerprint density at radius 1 is 1.10 bits per heavy atom. The van der Waals surface area contributed by atoms with Gasteiger partial charge in [-0.2, -0.15) is 0 Å². The Kier molecular flexibility index (Phi) is 12.4. The maximum absolute atomic E-state index is 12.8. The van der Waals surface area contributed by atoms with Crippen LogP contribution in [-0.4, -0.2) is 67.2 Å². The highest BCUT2D eigenvalue weighted by Crippen LogP contribution is 2.33. The van der Waals surface area contributed by atoms with Crippen LogP contribution in [0.2, 0.25) is 10.0 Å². The minimum Gasteiger partial charge on any atom is -0.494 e. The number of piperazine rings is 1. The molecule has 0 bridgehead atoms. The highest BCUT2D eigenvalue weighted by Gasteiger charge is 2.30. The standard InChI is InChI=1S/C31H43Cl2N3O4/c1-6-25(21-28-23(4)12-13-29(37)36(28)24(5)40-30(38)20-22(2)3)39-19-8-7-14-34-15-17-35(18-16-34)27-11-9-10-26(32)31(27)33/h6,9-11,21-22,24H,1,7-8,12-20H2,2-5H3/b25-21+. The first-order valence-corrected chi connectivity index (χ1v) is 15.0. The van der Waals surface area contributed by atoms with Crippen molar-refractivity contribution in [2.45, 2.75) is 66.0 Å². The Labute approximate surface area is 249 Å². The summed E-state index contributed by atoms with van der Waals surface area (Å²) >= 11 is 12.6. The number of ether oxygens (including phenoxy) is 2. The lowest BCUT2D eigenvalue weighted by Crippen LogP contribution is -2.46. The van der Waals surface area contributed by atoms with E-state index in [0.717, 1.165) is 56.8 Å². The van der Waals surface area contributed by atoms with Crippen molar-refractivity contribution >= 4 is 40.8 Å². The molecule has 1 aromatic carbocycles. The van der Waals surface area contributed by atoms with Crippen LogP contribution in [0.1, 0.15) is 59.8 Å². The van der Waals surface area contributed by atoms with Gasteiger partial charge in [0.15, 0.2) is 6.23 Å². The summed E-state index contributed by atoms with van der Waals surface area (Å²) in [5.74, 6) is 0.410. The number of benzene rings is 1. The number of amides is 1. The Morgan fingerprint density at radius 3 is 2.50 bits per heavy atom. The zero-order chi connectivity index (χ0) is 29.2. The summed E-state index contributed by atoms with van der Waals surface area (Å²) in [6.07, 6.45) is 6.08. The third kappa shape index (κ3) is 9.02. The van der Waals surface area contributed by atoms with Gasteiger partial charge in [0.1, 0.15) is 5.76 Å². The number of carbonyl (C=O) groups is 2. The van der Waals surface area contributed by atoms with Gasteiger partial charge >= 0.3 is 5.97 Å². The molecule has 0 N–H and O–H groups in total. The van der Waals surface area contributed by atoms with E-state index in [1.54, 1.807) is 17.9 Å². The lowest BCUT2D eigenvalue weighted by Gasteiger charge is -2.36. The number of anilines is 1. The van der Waals surface area contributed by atoms with Crippen molar-refractivity contribution in [3.8, 4) is 0 Å². The molecule has 40 heavy (non-hydrogen) atoms. The average Bonchev–Trinajstić information content (AvgIpc) is 2.91.